The summed E-state index contributed by atoms with van der Waals surface area (Å²) in [5.41, 5.74) is 8.02. The topological polar surface area (TPSA) is 43.8 Å². The Morgan fingerprint density at radius 1 is 1.33 bits per heavy atom. The van der Waals surface area contributed by atoms with Crippen molar-refractivity contribution >= 4 is 23.2 Å². The summed E-state index contributed by atoms with van der Waals surface area (Å²) in [7, 11) is 0. The molecule has 0 aliphatic carbocycles. The number of rotatable bonds is 1. The summed E-state index contributed by atoms with van der Waals surface area (Å²) in [5.74, 6) is 0.854. The van der Waals surface area contributed by atoms with Crippen LogP contribution in [0.1, 0.15) is 24.6 Å². The predicted molar refractivity (Wildman–Crippen MR) is 73.8 cm³/mol. The van der Waals surface area contributed by atoms with E-state index in [9.17, 15) is 0 Å². The normalized spacial score (nSPS) is 18.7. The molecule has 0 radical (unpaired) electrons. The number of nitrogens with two attached hydrogens (primary N) is 1. The molecule has 3 rings (SSSR count). The van der Waals surface area contributed by atoms with Gasteiger partial charge in [0.25, 0.3) is 0 Å². The predicted octanol–water partition coefficient (Wildman–Crippen LogP) is 3.65. The molecule has 1 aromatic heterocycles. The second-order valence-corrected chi connectivity index (χ2v) is 5.32. The number of hydrogen-bond acceptors (Lipinski definition) is 2. The van der Waals surface area contributed by atoms with Crippen LogP contribution in [0.4, 0.5) is 0 Å². The number of benzene rings is 1. The van der Waals surface area contributed by atoms with Crippen LogP contribution in [0.3, 0.4) is 0 Å². The quantitative estimate of drug-likeness (QED) is 0.867. The van der Waals surface area contributed by atoms with Crippen molar-refractivity contribution in [1.82, 2.24) is 9.55 Å². The van der Waals surface area contributed by atoms with Crippen LogP contribution >= 0.6 is 23.2 Å². The highest BCUT2D eigenvalue weighted by atomic mass is 35.5. The van der Waals surface area contributed by atoms with Crippen molar-refractivity contribution in [2.45, 2.75) is 25.4 Å². The van der Waals surface area contributed by atoms with Gasteiger partial charge in [0.15, 0.2) is 5.15 Å². The molecule has 2 N–H and O–H groups in total. The summed E-state index contributed by atoms with van der Waals surface area (Å²) in [6.07, 6.45) is 2.01. The van der Waals surface area contributed by atoms with Crippen molar-refractivity contribution in [3.8, 4) is 11.4 Å². The van der Waals surface area contributed by atoms with Gasteiger partial charge >= 0.3 is 0 Å². The Balaban J connectivity index is 2.16. The maximum atomic E-state index is 6.20. The lowest BCUT2D eigenvalue weighted by Gasteiger charge is -2.22. The molecule has 18 heavy (non-hydrogen) atoms. The van der Waals surface area contributed by atoms with E-state index in [2.05, 4.69) is 9.55 Å². The van der Waals surface area contributed by atoms with Crippen LogP contribution in [0.15, 0.2) is 24.3 Å². The molecular formula is C13H13Cl2N3. The van der Waals surface area contributed by atoms with Crippen LogP contribution in [-0.4, -0.2) is 9.55 Å². The minimum Gasteiger partial charge on any atom is -0.325 e. The van der Waals surface area contributed by atoms with Gasteiger partial charge in [-0.05, 0) is 25.0 Å². The van der Waals surface area contributed by atoms with Crippen molar-refractivity contribution in [2.24, 2.45) is 5.73 Å². The Kier molecular flexibility index (Phi) is 3.06. The second-order valence-electron chi connectivity index (χ2n) is 4.52. The maximum Gasteiger partial charge on any atom is 0.152 e. The van der Waals surface area contributed by atoms with Gasteiger partial charge in [0.2, 0.25) is 0 Å². The highest BCUT2D eigenvalue weighted by Crippen LogP contribution is 2.34. The number of halogens is 2. The van der Waals surface area contributed by atoms with Gasteiger partial charge in [-0.1, -0.05) is 35.3 Å². The average molecular weight is 282 g/mol. The molecule has 94 valence electrons. The summed E-state index contributed by atoms with van der Waals surface area (Å²) in [4.78, 5) is 4.44. The average Bonchev–Trinajstić information content (AvgIpc) is 2.68. The third-order valence-corrected chi connectivity index (χ3v) is 3.81. The van der Waals surface area contributed by atoms with E-state index < -0.39 is 0 Å². The molecule has 0 saturated carbocycles. The van der Waals surface area contributed by atoms with Crippen LogP contribution < -0.4 is 5.73 Å². The van der Waals surface area contributed by atoms with Crippen molar-refractivity contribution in [2.75, 3.05) is 0 Å². The lowest BCUT2D eigenvalue weighted by Crippen LogP contribution is -2.22. The second kappa shape index (κ2) is 4.57. The van der Waals surface area contributed by atoms with Crippen LogP contribution in [0.25, 0.3) is 11.4 Å². The smallest absolute Gasteiger partial charge is 0.152 e. The SMILES string of the molecule is NC1CCCn2c(-c3cccc(Cl)c3)nc(Cl)c21. The van der Waals surface area contributed by atoms with E-state index in [4.69, 9.17) is 28.9 Å². The molecule has 2 aromatic rings. The van der Waals surface area contributed by atoms with E-state index in [0.717, 1.165) is 36.5 Å². The molecule has 0 amide bonds. The largest absolute Gasteiger partial charge is 0.325 e. The zero-order chi connectivity index (χ0) is 12.7. The minimum absolute atomic E-state index is 0.0216. The lowest BCUT2D eigenvalue weighted by atomic mass is 10.1. The number of aromatic nitrogens is 2. The first-order valence-corrected chi connectivity index (χ1v) is 6.70. The maximum absolute atomic E-state index is 6.20. The van der Waals surface area contributed by atoms with E-state index in [1.165, 1.54) is 0 Å². The summed E-state index contributed by atoms with van der Waals surface area (Å²) in [6, 6.07) is 7.62. The molecule has 1 aliphatic rings. The molecule has 1 unspecified atom stereocenters. The zero-order valence-electron chi connectivity index (χ0n) is 9.74. The van der Waals surface area contributed by atoms with Gasteiger partial charge in [-0.25, -0.2) is 4.98 Å². The van der Waals surface area contributed by atoms with Crippen molar-refractivity contribution < 1.29 is 0 Å². The molecule has 3 nitrogen and oxygen atoms in total. The van der Waals surface area contributed by atoms with Gasteiger partial charge in [0.1, 0.15) is 5.82 Å². The van der Waals surface area contributed by atoms with Crippen LogP contribution in [0.5, 0.6) is 0 Å². The third-order valence-electron chi connectivity index (χ3n) is 3.29. The van der Waals surface area contributed by atoms with E-state index in [1.54, 1.807) is 0 Å². The first-order chi connectivity index (χ1) is 8.66. The van der Waals surface area contributed by atoms with Crippen LogP contribution in [-0.2, 0) is 6.54 Å². The number of fused-ring (bicyclic) bond motifs is 1. The molecule has 1 aliphatic heterocycles. The van der Waals surface area contributed by atoms with Gasteiger partial charge < -0.3 is 10.3 Å². The van der Waals surface area contributed by atoms with Crippen molar-refractivity contribution in [1.29, 1.82) is 0 Å². The van der Waals surface area contributed by atoms with Gasteiger partial charge in [0, 0.05) is 23.2 Å². The summed E-state index contributed by atoms with van der Waals surface area (Å²) >= 11 is 12.2. The van der Waals surface area contributed by atoms with E-state index in [1.807, 2.05) is 24.3 Å². The van der Waals surface area contributed by atoms with E-state index >= 15 is 0 Å². The van der Waals surface area contributed by atoms with Crippen molar-refractivity contribution in [3.05, 3.63) is 40.1 Å². The molecule has 0 spiro atoms. The van der Waals surface area contributed by atoms with E-state index in [0.29, 0.717) is 10.2 Å². The van der Waals surface area contributed by atoms with Gasteiger partial charge in [-0.15, -0.1) is 0 Å². The Hall–Kier alpha value is -1.03. The zero-order valence-corrected chi connectivity index (χ0v) is 11.2. The molecule has 0 bridgehead atoms. The fourth-order valence-corrected chi connectivity index (χ4v) is 2.98. The molecule has 0 fully saturated rings. The third kappa shape index (κ3) is 1.92. The molecule has 1 aromatic carbocycles. The summed E-state index contributed by atoms with van der Waals surface area (Å²) in [5, 5.41) is 1.21. The molecule has 5 heteroatoms. The summed E-state index contributed by atoms with van der Waals surface area (Å²) < 4.78 is 2.11. The summed E-state index contributed by atoms with van der Waals surface area (Å²) in [6.45, 7) is 0.907. The molecule has 1 atom stereocenters. The van der Waals surface area contributed by atoms with Crippen molar-refractivity contribution in [3.63, 3.8) is 0 Å². The fourth-order valence-electron chi connectivity index (χ4n) is 2.47. The highest BCUT2D eigenvalue weighted by Gasteiger charge is 2.25. The van der Waals surface area contributed by atoms with Gasteiger partial charge in [-0.3, -0.25) is 0 Å². The molecule has 0 saturated heterocycles. The number of nitrogens with zero attached hydrogens (tertiary/aromatic N) is 2. The highest BCUT2D eigenvalue weighted by molar-refractivity contribution is 6.31. The van der Waals surface area contributed by atoms with Gasteiger partial charge in [0.05, 0.1) is 5.69 Å². The number of hydrogen-bond donors (Lipinski definition) is 1. The monoisotopic (exact) mass is 281 g/mol. The minimum atomic E-state index is -0.0216. The Morgan fingerprint density at radius 2 is 2.17 bits per heavy atom. The Labute approximate surface area is 116 Å². The first kappa shape index (κ1) is 12.0. The van der Waals surface area contributed by atoms with Crippen LogP contribution in [0.2, 0.25) is 10.2 Å². The molecule has 2 heterocycles. The van der Waals surface area contributed by atoms with Gasteiger partial charge in [-0.2, -0.15) is 0 Å². The standard InChI is InChI=1S/C13H13Cl2N3/c14-9-4-1-3-8(7-9)13-17-12(15)11-10(16)5-2-6-18(11)13/h1,3-4,7,10H,2,5-6,16H2. The Bertz CT molecular complexity index is 592. The molecular weight excluding hydrogens is 269 g/mol. The van der Waals surface area contributed by atoms with E-state index in [-0.39, 0.29) is 6.04 Å². The van der Waals surface area contributed by atoms with Crippen LogP contribution in [0, 0.1) is 0 Å². The first-order valence-electron chi connectivity index (χ1n) is 5.94. The number of imidazole rings is 1. The lowest BCUT2D eigenvalue weighted by molar-refractivity contribution is 0.466. The Morgan fingerprint density at radius 3 is 2.94 bits per heavy atom. The fraction of sp³-hybridized carbons (Fsp3) is 0.308.